The van der Waals surface area contributed by atoms with Gasteiger partial charge >= 0.3 is 6.09 Å². The first kappa shape index (κ1) is 19.5. The first-order chi connectivity index (χ1) is 13.6. The number of carbonyl (C=O) groups excluding carboxylic acids is 2. The van der Waals surface area contributed by atoms with Gasteiger partial charge in [0.25, 0.3) is 5.91 Å². The van der Waals surface area contributed by atoms with E-state index in [1.54, 1.807) is 47.1 Å². The van der Waals surface area contributed by atoms with Crippen molar-refractivity contribution in [2.24, 2.45) is 0 Å². The van der Waals surface area contributed by atoms with Crippen molar-refractivity contribution in [1.82, 2.24) is 20.0 Å². The summed E-state index contributed by atoms with van der Waals surface area (Å²) < 4.78 is 18.6. The van der Waals surface area contributed by atoms with Gasteiger partial charge in [-0.1, -0.05) is 18.2 Å². The van der Waals surface area contributed by atoms with E-state index in [9.17, 15) is 14.0 Å². The van der Waals surface area contributed by atoms with Crippen LogP contribution >= 0.6 is 0 Å². The third kappa shape index (κ3) is 4.73. The van der Waals surface area contributed by atoms with E-state index in [2.05, 4.69) is 15.5 Å². The van der Waals surface area contributed by atoms with Gasteiger partial charge in [0.2, 0.25) is 0 Å². The number of aromatic nitrogens is 2. The summed E-state index contributed by atoms with van der Waals surface area (Å²) in [5.74, 6) is -0.0830. The van der Waals surface area contributed by atoms with Crippen molar-refractivity contribution in [3.05, 3.63) is 53.5 Å². The Balaban J connectivity index is 1.53. The second-order valence-electron chi connectivity index (χ2n) is 6.23. The first-order valence-electron chi connectivity index (χ1n) is 9.10. The topological polar surface area (TPSA) is 87.7 Å². The molecule has 2 heterocycles. The standard InChI is InChI=1S/C19H22FN5O3/c1-2-28-19(27)25-11-9-24(10-12-25)18(26)16-7-8-17(23-22-16)21-13-14-5-3-4-6-15(14)20/h3-8H,2,9-13H2,1H3,(H,21,23). The van der Waals surface area contributed by atoms with E-state index in [4.69, 9.17) is 4.74 Å². The lowest BCUT2D eigenvalue weighted by atomic mass is 10.2. The molecule has 0 aliphatic carbocycles. The van der Waals surface area contributed by atoms with Gasteiger partial charge in [-0.05, 0) is 25.1 Å². The Morgan fingerprint density at radius 3 is 2.43 bits per heavy atom. The predicted molar refractivity (Wildman–Crippen MR) is 100 cm³/mol. The molecule has 1 aliphatic rings. The SMILES string of the molecule is CCOC(=O)N1CCN(C(=O)c2ccc(NCc3ccccc3F)nn2)CC1. The van der Waals surface area contributed by atoms with Crippen LogP contribution in [0.5, 0.6) is 0 Å². The van der Waals surface area contributed by atoms with Crippen LogP contribution in [0.1, 0.15) is 23.0 Å². The van der Waals surface area contributed by atoms with Crippen LogP contribution in [0, 0.1) is 5.82 Å². The Hall–Kier alpha value is -3.23. The Bertz CT molecular complexity index is 823. The Morgan fingerprint density at radius 1 is 1.07 bits per heavy atom. The monoisotopic (exact) mass is 387 g/mol. The van der Waals surface area contributed by atoms with Gasteiger partial charge in [0.05, 0.1) is 6.61 Å². The maximum Gasteiger partial charge on any atom is 0.409 e. The van der Waals surface area contributed by atoms with Gasteiger partial charge in [0.15, 0.2) is 5.69 Å². The van der Waals surface area contributed by atoms with Gasteiger partial charge in [0.1, 0.15) is 11.6 Å². The van der Waals surface area contributed by atoms with Crippen LogP contribution in [0.2, 0.25) is 0 Å². The predicted octanol–water partition coefficient (Wildman–Crippen LogP) is 2.14. The third-order valence-electron chi connectivity index (χ3n) is 4.39. The molecule has 2 aromatic rings. The highest BCUT2D eigenvalue weighted by Gasteiger charge is 2.26. The molecule has 0 unspecified atom stereocenters. The van der Waals surface area contributed by atoms with Crippen LogP contribution in [0.25, 0.3) is 0 Å². The lowest BCUT2D eigenvalue weighted by molar-refractivity contribution is 0.0565. The highest BCUT2D eigenvalue weighted by atomic mass is 19.1. The summed E-state index contributed by atoms with van der Waals surface area (Å²) in [6, 6.07) is 9.68. The minimum Gasteiger partial charge on any atom is -0.450 e. The first-order valence-corrected chi connectivity index (χ1v) is 9.10. The highest BCUT2D eigenvalue weighted by Crippen LogP contribution is 2.12. The average molecular weight is 387 g/mol. The second kappa shape index (κ2) is 9.12. The van der Waals surface area contributed by atoms with E-state index in [1.165, 1.54) is 6.07 Å². The number of carbonyl (C=O) groups is 2. The van der Waals surface area contributed by atoms with Crippen LogP contribution < -0.4 is 5.32 Å². The van der Waals surface area contributed by atoms with E-state index >= 15 is 0 Å². The van der Waals surface area contributed by atoms with Crippen LogP contribution in [-0.4, -0.2) is 64.8 Å². The van der Waals surface area contributed by atoms with E-state index in [-0.39, 0.29) is 30.1 Å². The number of anilines is 1. The fourth-order valence-electron chi connectivity index (χ4n) is 2.84. The molecule has 28 heavy (non-hydrogen) atoms. The molecule has 0 radical (unpaired) electrons. The largest absolute Gasteiger partial charge is 0.450 e. The molecule has 0 atom stereocenters. The number of hydrogen-bond donors (Lipinski definition) is 1. The van der Waals surface area contributed by atoms with Crippen LogP contribution in [0.3, 0.4) is 0 Å². The number of nitrogens with one attached hydrogen (secondary N) is 1. The number of halogens is 1. The van der Waals surface area contributed by atoms with Crippen molar-refractivity contribution in [3.63, 3.8) is 0 Å². The second-order valence-corrected chi connectivity index (χ2v) is 6.23. The molecule has 9 heteroatoms. The van der Waals surface area contributed by atoms with Gasteiger partial charge in [-0.2, -0.15) is 0 Å². The van der Waals surface area contributed by atoms with Gasteiger partial charge < -0.3 is 19.9 Å². The van der Waals surface area contributed by atoms with Crippen molar-refractivity contribution in [3.8, 4) is 0 Å². The molecule has 148 valence electrons. The minimum absolute atomic E-state index is 0.223. The molecule has 1 aromatic heterocycles. The number of rotatable bonds is 5. The zero-order valence-corrected chi connectivity index (χ0v) is 15.6. The summed E-state index contributed by atoms with van der Waals surface area (Å²) in [7, 11) is 0. The molecule has 2 amide bonds. The van der Waals surface area contributed by atoms with Crippen molar-refractivity contribution >= 4 is 17.8 Å². The molecule has 3 rings (SSSR count). The summed E-state index contributed by atoms with van der Waals surface area (Å²) in [6.07, 6.45) is -0.361. The normalized spacial score (nSPS) is 13.9. The van der Waals surface area contributed by atoms with Gasteiger partial charge in [0, 0.05) is 38.3 Å². The van der Waals surface area contributed by atoms with Crippen molar-refractivity contribution in [1.29, 1.82) is 0 Å². The lowest BCUT2D eigenvalue weighted by Gasteiger charge is -2.33. The van der Waals surface area contributed by atoms with Crippen LogP contribution in [-0.2, 0) is 11.3 Å². The fourth-order valence-corrected chi connectivity index (χ4v) is 2.84. The fraction of sp³-hybridized carbons (Fsp3) is 0.368. The molecule has 0 bridgehead atoms. The number of nitrogens with zero attached hydrogens (tertiary/aromatic N) is 4. The summed E-state index contributed by atoms with van der Waals surface area (Å²) in [6.45, 7) is 4.00. The summed E-state index contributed by atoms with van der Waals surface area (Å²) >= 11 is 0. The molecule has 0 saturated carbocycles. The van der Waals surface area contributed by atoms with Crippen LogP contribution in [0.15, 0.2) is 36.4 Å². The lowest BCUT2D eigenvalue weighted by Crippen LogP contribution is -2.50. The quantitative estimate of drug-likeness (QED) is 0.846. The minimum atomic E-state index is -0.361. The number of piperazine rings is 1. The zero-order chi connectivity index (χ0) is 19.9. The van der Waals surface area contributed by atoms with Crippen LogP contribution in [0.4, 0.5) is 15.0 Å². The molecule has 1 aromatic carbocycles. The molecule has 0 spiro atoms. The molecule has 1 aliphatic heterocycles. The summed E-state index contributed by atoms with van der Waals surface area (Å²) in [5.41, 5.74) is 0.741. The third-order valence-corrected chi connectivity index (χ3v) is 4.39. The van der Waals surface area contributed by atoms with Gasteiger partial charge in [-0.25, -0.2) is 9.18 Å². The maximum absolute atomic E-state index is 13.6. The molecule has 1 fully saturated rings. The molecular formula is C19H22FN5O3. The Kier molecular flexibility index (Phi) is 6.36. The molecule has 1 saturated heterocycles. The maximum atomic E-state index is 13.6. The van der Waals surface area contributed by atoms with Gasteiger partial charge in [-0.15, -0.1) is 10.2 Å². The summed E-state index contributed by atoms with van der Waals surface area (Å²) in [4.78, 5) is 27.5. The van der Waals surface area contributed by atoms with E-state index in [0.717, 1.165) is 0 Å². The smallest absolute Gasteiger partial charge is 0.409 e. The van der Waals surface area contributed by atoms with Crippen molar-refractivity contribution < 1.29 is 18.7 Å². The Morgan fingerprint density at radius 2 is 1.79 bits per heavy atom. The Labute approximate surface area is 162 Å². The molecule has 1 N–H and O–H groups in total. The number of amides is 2. The number of ether oxygens (including phenoxy) is 1. The highest BCUT2D eigenvalue weighted by molar-refractivity contribution is 5.92. The zero-order valence-electron chi connectivity index (χ0n) is 15.6. The average Bonchev–Trinajstić information content (AvgIpc) is 2.73. The number of benzene rings is 1. The molecule has 8 nitrogen and oxygen atoms in total. The molecular weight excluding hydrogens is 365 g/mol. The van der Waals surface area contributed by atoms with Crippen molar-refractivity contribution in [2.45, 2.75) is 13.5 Å². The van der Waals surface area contributed by atoms with E-state index < -0.39 is 0 Å². The summed E-state index contributed by atoms with van der Waals surface area (Å²) in [5, 5.41) is 10.9. The van der Waals surface area contributed by atoms with E-state index in [0.29, 0.717) is 44.2 Å². The van der Waals surface area contributed by atoms with Crippen molar-refractivity contribution in [2.75, 3.05) is 38.1 Å². The number of hydrogen-bond acceptors (Lipinski definition) is 6. The van der Waals surface area contributed by atoms with Gasteiger partial charge in [-0.3, -0.25) is 4.79 Å². The van der Waals surface area contributed by atoms with E-state index in [1.807, 2.05) is 0 Å².